The van der Waals surface area contributed by atoms with Crippen molar-refractivity contribution in [3.05, 3.63) is 29.6 Å². The molecule has 1 aliphatic heterocycles. The largest absolute Gasteiger partial charge is 0.380 e. The lowest BCUT2D eigenvalue weighted by Crippen LogP contribution is -2.34. The zero-order valence-corrected chi connectivity index (χ0v) is 10.8. The lowest BCUT2D eigenvalue weighted by Gasteiger charge is -2.19. The molecule has 0 aliphatic carbocycles. The molecule has 0 radical (unpaired) electrons. The molecule has 0 bridgehead atoms. The maximum atomic E-state index is 12.4. The molecule has 1 aliphatic rings. The van der Waals surface area contributed by atoms with Gasteiger partial charge in [0, 0.05) is 25.9 Å². The van der Waals surface area contributed by atoms with Gasteiger partial charge in [0.15, 0.2) is 0 Å². The SMILES string of the molecule is NCC#Cc1cccnc1C(=O)N1CCCOCC1. The molecule has 2 heterocycles. The maximum Gasteiger partial charge on any atom is 0.273 e. The van der Waals surface area contributed by atoms with Gasteiger partial charge in [0.05, 0.1) is 18.7 Å². The Kier molecular flexibility index (Phi) is 4.90. The first-order valence-corrected chi connectivity index (χ1v) is 6.34. The van der Waals surface area contributed by atoms with Crippen molar-refractivity contribution in [3.63, 3.8) is 0 Å². The van der Waals surface area contributed by atoms with Crippen LogP contribution >= 0.6 is 0 Å². The van der Waals surface area contributed by atoms with Gasteiger partial charge in [-0.05, 0) is 18.6 Å². The molecule has 0 spiro atoms. The van der Waals surface area contributed by atoms with Crippen LogP contribution < -0.4 is 5.73 Å². The molecule has 2 N–H and O–H groups in total. The number of ether oxygens (including phenoxy) is 1. The lowest BCUT2D eigenvalue weighted by molar-refractivity contribution is 0.0735. The van der Waals surface area contributed by atoms with E-state index in [2.05, 4.69) is 16.8 Å². The van der Waals surface area contributed by atoms with E-state index < -0.39 is 0 Å². The summed E-state index contributed by atoms with van der Waals surface area (Å²) < 4.78 is 5.35. The van der Waals surface area contributed by atoms with Crippen LogP contribution in [0.1, 0.15) is 22.5 Å². The summed E-state index contributed by atoms with van der Waals surface area (Å²) in [5.74, 6) is 5.56. The number of nitrogens with zero attached hydrogens (tertiary/aromatic N) is 2. The third kappa shape index (κ3) is 3.53. The Morgan fingerprint density at radius 1 is 1.47 bits per heavy atom. The molecular weight excluding hydrogens is 242 g/mol. The Labute approximate surface area is 112 Å². The first-order valence-electron chi connectivity index (χ1n) is 6.34. The molecule has 2 rings (SSSR count). The highest BCUT2D eigenvalue weighted by molar-refractivity contribution is 5.94. The average molecular weight is 259 g/mol. The third-order valence-electron chi connectivity index (χ3n) is 2.84. The van der Waals surface area contributed by atoms with E-state index in [0.717, 1.165) is 6.42 Å². The summed E-state index contributed by atoms with van der Waals surface area (Å²) in [5.41, 5.74) is 6.38. The fourth-order valence-electron chi connectivity index (χ4n) is 1.92. The fourth-order valence-corrected chi connectivity index (χ4v) is 1.92. The van der Waals surface area contributed by atoms with E-state index in [-0.39, 0.29) is 12.5 Å². The topological polar surface area (TPSA) is 68.5 Å². The number of carbonyl (C=O) groups is 1. The van der Waals surface area contributed by atoms with Crippen molar-refractivity contribution in [2.24, 2.45) is 5.73 Å². The second-order valence-electron chi connectivity index (χ2n) is 4.16. The van der Waals surface area contributed by atoms with E-state index in [0.29, 0.717) is 37.6 Å². The molecular formula is C14H17N3O2. The number of rotatable bonds is 1. The second-order valence-corrected chi connectivity index (χ2v) is 4.16. The van der Waals surface area contributed by atoms with Crippen molar-refractivity contribution in [2.75, 3.05) is 32.8 Å². The number of hydrogen-bond acceptors (Lipinski definition) is 4. The van der Waals surface area contributed by atoms with Crippen molar-refractivity contribution in [3.8, 4) is 11.8 Å². The molecule has 19 heavy (non-hydrogen) atoms. The fraction of sp³-hybridized carbons (Fsp3) is 0.429. The van der Waals surface area contributed by atoms with Gasteiger partial charge < -0.3 is 15.4 Å². The zero-order valence-electron chi connectivity index (χ0n) is 10.8. The number of aromatic nitrogens is 1. The Hall–Kier alpha value is -1.90. The monoisotopic (exact) mass is 259 g/mol. The van der Waals surface area contributed by atoms with Gasteiger partial charge in [-0.15, -0.1) is 0 Å². The Bertz CT molecular complexity index is 497. The smallest absolute Gasteiger partial charge is 0.273 e. The molecule has 1 fully saturated rings. The second kappa shape index (κ2) is 6.88. The van der Waals surface area contributed by atoms with Crippen LogP contribution in [0.15, 0.2) is 18.3 Å². The van der Waals surface area contributed by atoms with E-state index in [4.69, 9.17) is 10.5 Å². The van der Waals surface area contributed by atoms with Crippen molar-refractivity contribution in [1.29, 1.82) is 0 Å². The molecule has 1 aromatic rings. The summed E-state index contributed by atoms with van der Waals surface area (Å²) in [7, 11) is 0. The van der Waals surface area contributed by atoms with E-state index in [1.165, 1.54) is 0 Å². The number of nitrogens with two attached hydrogens (primary N) is 1. The summed E-state index contributed by atoms with van der Waals surface area (Å²) in [6.07, 6.45) is 2.46. The van der Waals surface area contributed by atoms with Gasteiger partial charge in [-0.3, -0.25) is 4.79 Å². The molecule has 5 nitrogen and oxygen atoms in total. The molecule has 100 valence electrons. The minimum atomic E-state index is -0.0904. The number of carbonyl (C=O) groups excluding carboxylic acids is 1. The minimum absolute atomic E-state index is 0.0904. The zero-order chi connectivity index (χ0) is 13.5. The van der Waals surface area contributed by atoms with Gasteiger partial charge >= 0.3 is 0 Å². The molecule has 0 unspecified atom stereocenters. The van der Waals surface area contributed by atoms with Gasteiger partial charge in [-0.2, -0.15) is 0 Å². The molecule has 5 heteroatoms. The van der Waals surface area contributed by atoms with Crippen LogP contribution in [-0.2, 0) is 4.74 Å². The van der Waals surface area contributed by atoms with E-state index in [1.54, 1.807) is 23.2 Å². The van der Waals surface area contributed by atoms with E-state index in [9.17, 15) is 4.79 Å². The first-order chi connectivity index (χ1) is 9.33. The highest BCUT2D eigenvalue weighted by Crippen LogP contribution is 2.10. The summed E-state index contributed by atoms with van der Waals surface area (Å²) >= 11 is 0. The normalized spacial score (nSPS) is 15.3. The van der Waals surface area contributed by atoms with E-state index >= 15 is 0 Å². The average Bonchev–Trinajstić information content (AvgIpc) is 2.73. The molecule has 1 amide bonds. The number of pyridine rings is 1. The van der Waals surface area contributed by atoms with Crippen LogP contribution in [0, 0.1) is 11.8 Å². The predicted octanol–water partition coefficient (Wildman–Crippen LogP) is 0.254. The highest BCUT2D eigenvalue weighted by Gasteiger charge is 2.20. The van der Waals surface area contributed by atoms with Gasteiger partial charge in [-0.1, -0.05) is 11.8 Å². The molecule has 1 saturated heterocycles. The van der Waals surface area contributed by atoms with E-state index in [1.807, 2.05) is 0 Å². The Morgan fingerprint density at radius 3 is 3.21 bits per heavy atom. The summed E-state index contributed by atoms with van der Waals surface area (Å²) in [6.45, 7) is 2.83. The first kappa shape index (κ1) is 13.5. The maximum absolute atomic E-state index is 12.4. The summed E-state index contributed by atoms with van der Waals surface area (Å²) in [4.78, 5) is 18.4. The van der Waals surface area contributed by atoms with Gasteiger partial charge in [0.1, 0.15) is 5.69 Å². The van der Waals surface area contributed by atoms with Crippen molar-refractivity contribution in [2.45, 2.75) is 6.42 Å². The Balaban J connectivity index is 2.22. The Morgan fingerprint density at radius 2 is 2.37 bits per heavy atom. The van der Waals surface area contributed by atoms with Gasteiger partial charge in [0.2, 0.25) is 0 Å². The molecule has 0 atom stereocenters. The number of amides is 1. The van der Waals surface area contributed by atoms with Crippen molar-refractivity contribution in [1.82, 2.24) is 9.88 Å². The summed E-state index contributed by atoms with van der Waals surface area (Å²) in [5, 5.41) is 0. The van der Waals surface area contributed by atoms with Crippen LogP contribution in [0.5, 0.6) is 0 Å². The quantitative estimate of drug-likeness (QED) is 0.734. The molecule has 0 aromatic carbocycles. The van der Waals surface area contributed by atoms with Crippen LogP contribution in [0.2, 0.25) is 0 Å². The van der Waals surface area contributed by atoms with Crippen LogP contribution in [0.3, 0.4) is 0 Å². The van der Waals surface area contributed by atoms with Crippen molar-refractivity contribution >= 4 is 5.91 Å². The third-order valence-corrected chi connectivity index (χ3v) is 2.84. The highest BCUT2D eigenvalue weighted by atomic mass is 16.5. The minimum Gasteiger partial charge on any atom is -0.380 e. The van der Waals surface area contributed by atoms with Crippen LogP contribution in [0.4, 0.5) is 0 Å². The van der Waals surface area contributed by atoms with Crippen molar-refractivity contribution < 1.29 is 9.53 Å². The standard InChI is InChI=1S/C14H17N3O2/c15-6-1-4-12-5-2-7-16-13(12)14(18)17-8-3-10-19-11-9-17/h2,5,7H,3,6,8-11,15H2. The summed E-state index contributed by atoms with van der Waals surface area (Å²) in [6, 6.07) is 3.56. The molecule has 1 aromatic heterocycles. The predicted molar refractivity (Wildman–Crippen MR) is 71.5 cm³/mol. The molecule has 0 saturated carbocycles. The van der Waals surface area contributed by atoms with Gasteiger partial charge in [0.25, 0.3) is 5.91 Å². The number of hydrogen-bond donors (Lipinski definition) is 1. The van der Waals surface area contributed by atoms with Crippen LogP contribution in [0.25, 0.3) is 0 Å². The van der Waals surface area contributed by atoms with Crippen LogP contribution in [-0.4, -0.2) is 48.6 Å². The lowest BCUT2D eigenvalue weighted by atomic mass is 10.1. The van der Waals surface area contributed by atoms with Gasteiger partial charge in [-0.25, -0.2) is 4.98 Å².